The van der Waals surface area contributed by atoms with Crippen molar-refractivity contribution in [1.82, 2.24) is 30.5 Å². The molecule has 3 aromatic rings. The number of nitrogens with one attached hydrogen (secondary N) is 2. The Kier molecular flexibility index (Phi) is 8.78. The Hall–Kier alpha value is -3.74. The molecule has 1 aromatic carbocycles. The average Bonchev–Trinajstić information content (AvgIpc) is 3.65. The lowest BCUT2D eigenvalue weighted by molar-refractivity contribution is -0.133. The van der Waals surface area contributed by atoms with Gasteiger partial charge in [0.15, 0.2) is 5.82 Å². The lowest BCUT2D eigenvalue weighted by Gasteiger charge is -2.45. The zero-order valence-electron chi connectivity index (χ0n) is 24.9. The highest BCUT2D eigenvalue weighted by atomic mass is 16.5. The first-order chi connectivity index (χ1) is 20.9. The summed E-state index contributed by atoms with van der Waals surface area (Å²) in [4.78, 5) is 19.8. The Bertz CT molecular complexity index is 1410. The van der Waals surface area contributed by atoms with E-state index in [4.69, 9.17) is 4.52 Å². The summed E-state index contributed by atoms with van der Waals surface area (Å²) in [5.41, 5.74) is 3.23. The number of aliphatic hydroxyl groups excluding tert-OH is 1. The SMILES string of the molecule is CC(C)C(C(=O)N1CCC(O)C1)c1cc(CCNCCN2CCN3c4cc(-c5ccccc5O)nnc4NCC3C2)no1. The summed E-state index contributed by atoms with van der Waals surface area (Å²) < 4.78 is 5.63. The van der Waals surface area contributed by atoms with Crippen molar-refractivity contribution >= 4 is 17.4 Å². The van der Waals surface area contributed by atoms with Crippen molar-refractivity contribution in [3.8, 4) is 17.0 Å². The number of nitrogens with zero attached hydrogens (tertiary/aromatic N) is 6. The molecular formula is C31H42N8O4. The van der Waals surface area contributed by atoms with E-state index in [1.165, 1.54) is 0 Å². The molecule has 43 heavy (non-hydrogen) atoms. The number of para-hydroxylation sites is 1. The topological polar surface area (TPSA) is 143 Å². The highest BCUT2D eigenvalue weighted by Gasteiger charge is 2.35. The molecular weight excluding hydrogens is 548 g/mol. The Labute approximate surface area is 252 Å². The number of likely N-dealkylation sites (tertiary alicyclic amines) is 1. The van der Waals surface area contributed by atoms with E-state index in [1.807, 2.05) is 38.1 Å². The highest BCUT2D eigenvalue weighted by molar-refractivity contribution is 5.83. The van der Waals surface area contributed by atoms with Gasteiger partial charge < -0.3 is 35.2 Å². The standard InChI is InChI=1S/C31H42N8O4/c1-20(2)29(31(42)38-11-8-23(40)19-38)28-15-21(36-43-28)7-9-32-10-12-37-13-14-39-22(18-37)17-33-30-26(39)16-25(34-35-30)24-5-3-4-6-27(24)41/h3-6,15-16,20,22-23,29,32,40-41H,7-14,17-19H2,1-2H3,(H,33,35). The second-order valence-electron chi connectivity index (χ2n) is 12.2. The van der Waals surface area contributed by atoms with Crippen LogP contribution in [0.2, 0.25) is 0 Å². The van der Waals surface area contributed by atoms with Crippen LogP contribution in [0, 0.1) is 5.92 Å². The van der Waals surface area contributed by atoms with Crippen LogP contribution in [0.3, 0.4) is 0 Å². The van der Waals surface area contributed by atoms with E-state index in [2.05, 4.69) is 35.8 Å². The summed E-state index contributed by atoms with van der Waals surface area (Å²) in [5.74, 6) is 1.30. The summed E-state index contributed by atoms with van der Waals surface area (Å²) in [5, 5.41) is 40.1. The maximum Gasteiger partial charge on any atom is 0.233 e. The lowest BCUT2D eigenvalue weighted by Crippen LogP contribution is -2.58. The number of hydrogen-bond donors (Lipinski definition) is 4. The monoisotopic (exact) mass is 590 g/mol. The maximum absolute atomic E-state index is 13.1. The van der Waals surface area contributed by atoms with Crippen LogP contribution in [0.5, 0.6) is 5.75 Å². The van der Waals surface area contributed by atoms with Gasteiger partial charge in [0, 0.05) is 77.0 Å². The third kappa shape index (κ3) is 6.46. The Balaban J connectivity index is 0.965. The van der Waals surface area contributed by atoms with Gasteiger partial charge >= 0.3 is 0 Å². The maximum atomic E-state index is 13.1. The molecule has 0 bridgehead atoms. The molecule has 2 aromatic heterocycles. The molecule has 3 aliphatic heterocycles. The molecule has 12 nitrogen and oxygen atoms in total. The van der Waals surface area contributed by atoms with E-state index >= 15 is 0 Å². The molecule has 1 amide bonds. The fourth-order valence-corrected chi connectivity index (χ4v) is 6.42. The summed E-state index contributed by atoms with van der Waals surface area (Å²) in [7, 11) is 0. The summed E-state index contributed by atoms with van der Waals surface area (Å²) >= 11 is 0. The van der Waals surface area contributed by atoms with Crippen molar-refractivity contribution in [3.63, 3.8) is 0 Å². The quantitative estimate of drug-likeness (QED) is 0.257. The van der Waals surface area contributed by atoms with Crippen LogP contribution in [-0.4, -0.2) is 112 Å². The summed E-state index contributed by atoms with van der Waals surface area (Å²) in [6.45, 7) is 11.2. The molecule has 0 aliphatic carbocycles. The van der Waals surface area contributed by atoms with Crippen LogP contribution in [-0.2, 0) is 11.2 Å². The molecule has 3 atom stereocenters. The van der Waals surface area contributed by atoms with Gasteiger partial charge in [0.2, 0.25) is 5.91 Å². The van der Waals surface area contributed by atoms with Crippen molar-refractivity contribution in [1.29, 1.82) is 0 Å². The molecule has 3 unspecified atom stereocenters. The fourth-order valence-electron chi connectivity index (χ4n) is 6.42. The van der Waals surface area contributed by atoms with E-state index in [9.17, 15) is 15.0 Å². The molecule has 5 heterocycles. The van der Waals surface area contributed by atoms with Gasteiger partial charge in [-0.15, -0.1) is 10.2 Å². The van der Waals surface area contributed by atoms with Crippen LogP contribution < -0.4 is 15.5 Å². The number of amides is 1. The summed E-state index contributed by atoms with van der Waals surface area (Å²) in [6.07, 6.45) is 0.914. The van der Waals surface area contributed by atoms with Crippen LogP contribution in [0.15, 0.2) is 40.9 Å². The predicted molar refractivity (Wildman–Crippen MR) is 163 cm³/mol. The van der Waals surface area contributed by atoms with Crippen LogP contribution in [0.1, 0.15) is 37.6 Å². The molecule has 230 valence electrons. The molecule has 6 rings (SSSR count). The zero-order chi connectivity index (χ0) is 29.9. The number of aromatic hydroxyl groups is 1. The number of β-amino-alcohol motifs (C(OH)–C–C–N with tert-alkyl or cyclic N) is 1. The number of rotatable bonds is 10. The molecule has 12 heteroatoms. The predicted octanol–water partition coefficient (Wildman–Crippen LogP) is 1.92. The minimum absolute atomic E-state index is 0.00740. The lowest BCUT2D eigenvalue weighted by atomic mass is 9.91. The number of aliphatic hydroxyl groups is 1. The van der Waals surface area contributed by atoms with Gasteiger partial charge in [0.05, 0.1) is 29.2 Å². The normalized spacial score (nSPS) is 21.0. The number of aromatic nitrogens is 3. The van der Waals surface area contributed by atoms with E-state index in [-0.39, 0.29) is 23.5 Å². The molecule has 0 spiro atoms. The first kappa shape index (κ1) is 29.3. The molecule has 2 fully saturated rings. The second-order valence-corrected chi connectivity index (χ2v) is 12.2. The van der Waals surface area contributed by atoms with Crippen molar-refractivity contribution in [2.45, 2.75) is 44.8 Å². The van der Waals surface area contributed by atoms with Crippen molar-refractivity contribution in [3.05, 3.63) is 47.9 Å². The minimum atomic E-state index is -0.438. The minimum Gasteiger partial charge on any atom is -0.507 e. The number of piperazine rings is 1. The first-order valence-electron chi connectivity index (χ1n) is 15.4. The van der Waals surface area contributed by atoms with Crippen molar-refractivity contribution < 1.29 is 19.5 Å². The first-order valence-corrected chi connectivity index (χ1v) is 15.4. The molecule has 0 radical (unpaired) electrons. The number of benzene rings is 1. The van der Waals surface area contributed by atoms with Gasteiger partial charge in [0.25, 0.3) is 0 Å². The van der Waals surface area contributed by atoms with Crippen LogP contribution in [0.4, 0.5) is 11.5 Å². The van der Waals surface area contributed by atoms with Gasteiger partial charge in [-0.25, -0.2) is 0 Å². The van der Waals surface area contributed by atoms with Crippen molar-refractivity contribution in [2.24, 2.45) is 5.92 Å². The Morgan fingerprint density at radius 1 is 1.14 bits per heavy atom. The van der Waals surface area contributed by atoms with Gasteiger partial charge in [-0.3, -0.25) is 9.69 Å². The van der Waals surface area contributed by atoms with Gasteiger partial charge in [-0.1, -0.05) is 31.1 Å². The third-order valence-corrected chi connectivity index (χ3v) is 8.79. The smallest absolute Gasteiger partial charge is 0.233 e. The zero-order valence-corrected chi connectivity index (χ0v) is 24.9. The average molecular weight is 591 g/mol. The number of anilines is 2. The number of fused-ring (bicyclic) bond motifs is 3. The Morgan fingerprint density at radius 3 is 2.79 bits per heavy atom. The number of carbonyl (C=O) groups excluding carboxylic acids is 1. The largest absolute Gasteiger partial charge is 0.507 e. The molecule has 2 saturated heterocycles. The van der Waals surface area contributed by atoms with Gasteiger partial charge in [-0.05, 0) is 30.5 Å². The molecule has 4 N–H and O–H groups in total. The highest BCUT2D eigenvalue weighted by Crippen LogP contribution is 2.36. The Morgan fingerprint density at radius 2 is 2.00 bits per heavy atom. The number of carbonyl (C=O) groups is 1. The summed E-state index contributed by atoms with van der Waals surface area (Å²) in [6, 6.07) is 11.5. The fraction of sp³-hybridized carbons (Fsp3) is 0.548. The van der Waals surface area contributed by atoms with Gasteiger partial charge in [-0.2, -0.15) is 0 Å². The molecule has 3 aliphatic rings. The van der Waals surface area contributed by atoms with E-state index in [1.54, 1.807) is 17.0 Å². The van der Waals surface area contributed by atoms with Gasteiger partial charge in [0.1, 0.15) is 17.4 Å². The van der Waals surface area contributed by atoms with Crippen LogP contribution >= 0.6 is 0 Å². The van der Waals surface area contributed by atoms with E-state index < -0.39 is 6.10 Å². The van der Waals surface area contributed by atoms with Crippen molar-refractivity contribution in [2.75, 3.05) is 69.1 Å². The third-order valence-electron chi connectivity index (χ3n) is 8.79. The van der Waals surface area contributed by atoms with Crippen LogP contribution in [0.25, 0.3) is 11.3 Å². The second kappa shape index (κ2) is 12.9. The van der Waals surface area contributed by atoms with E-state index in [0.717, 1.165) is 69.4 Å². The number of hydrogen-bond acceptors (Lipinski definition) is 11. The van der Waals surface area contributed by atoms with E-state index in [0.29, 0.717) is 42.6 Å². The number of phenols is 1. The number of phenolic OH excluding ortho intramolecular Hbond substituents is 1. The molecule has 0 saturated carbocycles.